The van der Waals surface area contributed by atoms with Crippen LogP contribution in [0.3, 0.4) is 0 Å². The van der Waals surface area contributed by atoms with Crippen molar-refractivity contribution < 1.29 is 0 Å². The van der Waals surface area contributed by atoms with Crippen molar-refractivity contribution in [2.45, 2.75) is 46.1 Å². The summed E-state index contributed by atoms with van der Waals surface area (Å²) in [5.41, 5.74) is 10.4. The molecule has 0 bridgehead atoms. The van der Waals surface area contributed by atoms with E-state index < -0.39 is 0 Å². The molecule has 3 rings (SSSR count). The second-order valence-corrected chi connectivity index (χ2v) is 8.35. The Labute approximate surface area is 176 Å². The number of nitrogens with one attached hydrogen (secondary N) is 2. The minimum Gasteiger partial charge on any atom is -0.393 e. The van der Waals surface area contributed by atoms with Crippen molar-refractivity contribution in [3.05, 3.63) is 95.2 Å². The molecule has 0 aromatic heterocycles. The van der Waals surface area contributed by atoms with Crippen LogP contribution in [0, 0.1) is 5.92 Å². The van der Waals surface area contributed by atoms with E-state index in [9.17, 15) is 0 Å². The molecule has 152 valence electrons. The molecule has 1 aliphatic carbocycles. The standard InChI is InChI=1S/C27H34N2/c1-7-20-15-24-14-19(5)27(26(24)16-23(20)13-18(3)4)29-25-11-9-22(10-12-25)21(8-2)17-28-6/h8-12,15-18,27-29H,2,5,7,13-14H2,1,3-4,6H3/b21-17+. The zero-order valence-corrected chi connectivity index (χ0v) is 18.3. The third-order valence-electron chi connectivity index (χ3n) is 5.66. The van der Waals surface area contributed by atoms with Gasteiger partial charge in [-0.25, -0.2) is 0 Å². The lowest BCUT2D eigenvalue weighted by Gasteiger charge is -2.20. The van der Waals surface area contributed by atoms with Gasteiger partial charge in [0, 0.05) is 18.9 Å². The SMILES string of the molecule is C=C/C(=C\NC)c1ccc(NC2C(=C)Cc3cc(CC)c(CC(C)C)cc32)cc1. The molecule has 1 aliphatic rings. The maximum absolute atomic E-state index is 4.38. The second-order valence-electron chi connectivity index (χ2n) is 8.35. The van der Waals surface area contributed by atoms with Crippen LogP contribution in [0.5, 0.6) is 0 Å². The van der Waals surface area contributed by atoms with E-state index in [1.807, 2.05) is 19.3 Å². The summed E-state index contributed by atoms with van der Waals surface area (Å²) >= 11 is 0. The third kappa shape index (κ3) is 4.64. The summed E-state index contributed by atoms with van der Waals surface area (Å²) < 4.78 is 0. The van der Waals surface area contributed by atoms with Gasteiger partial charge in [-0.2, -0.15) is 0 Å². The van der Waals surface area contributed by atoms with Crippen LogP contribution in [-0.2, 0) is 19.3 Å². The topological polar surface area (TPSA) is 24.1 Å². The second kappa shape index (κ2) is 9.17. The lowest BCUT2D eigenvalue weighted by atomic mass is 9.92. The molecule has 1 atom stereocenters. The van der Waals surface area contributed by atoms with Gasteiger partial charge in [0.2, 0.25) is 0 Å². The first kappa shape index (κ1) is 21.0. The molecule has 0 fully saturated rings. The molecule has 2 heteroatoms. The van der Waals surface area contributed by atoms with Gasteiger partial charge in [-0.05, 0) is 76.3 Å². The van der Waals surface area contributed by atoms with E-state index in [2.05, 4.69) is 81.0 Å². The summed E-state index contributed by atoms with van der Waals surface area (Å²) in [5.74, 6) is 0.659. The Morgan fingerprint density at radius 3 is 2.48 bits per heavy atom. The zero-order chi connectivity index (χ0) is 21.0. The van der Waals surface area contributed by atoms with Gasteiger partial charge in [-0.1, -0.05) is 64.3 Å². The van der Waals surface area contributed by atoms with Crippen LogP contribution in [-0.4, -0.2) is 7.05 Å². The van der Waals surface area contributed by atoms with Gasteiger partial charge in [-0.3, -0.25) is 0 Å². The van der Waals surface area contributed by atoms with E-state index in [0.717, 1.165) is 36.1 Å². The van der Waals surface area contributed by atoms with Gasteiger partial charge in [0.05, 0.1) is 6.04 Å². The third-order valence-corrected chi connectivity index (χ3v) is 5.66. The summed E-state index contributed by atoms with van der Waals surface area (Å²) in [5, 5.41) is 6.80. The Morgan fingerprint density at radius 2 is 1.90 bits per heavy atom. The predicted octanol–water partition coefficient (Wildman–Crippen LogP) is 6.46. The van der Waals surface area contributed by atoms with Crippen LogP contribution in [0.25, 0.3) is 5.57 Å². The molecule has 2 aromatic rings. The Bertz CT molecular complexity index is 916. The van der Waals surface area contributed by atoms with Crippen molar-refractivity contribution >= 4 is 11.3 Å². The number of allylic oxidation sites excluding steroid dienone is 2. The number of rotatable bonds is 8. The normalized spacial score (nSPS) is 16.1. The number of aryl methyl sites for hydroxylation is 1. The number of hydrogen-bond acceptors (Lipinski definition) is 2. The summed E-state index contributed by atoms with van der Waals surface area (Å²) in [4.78, 5) is 0. The van der Waals surface area contributed by atoms with Crippen molar-refractivity contribution in [2.24, 2.45) is 5.92 Å². The molecule has 29 heavy (non-hydrogen) atoms. The van der Waals surface area contributed by atoms with Crippen LogP contribution in [0.4, 0.5) is 5.69 Å². The molecule has 0 amide bonds. The average Bonchev–Trinajstić information content (AvgIpc) is 3.00. The molecule has 2 N–H and O–H groups in total. The Morgan fingerprint density at radius 1 is 1.17 bits per heavy atom. The van der Waals surface area contributed by atoms with Gasteiger partial charge in [0.25, 0.3) is 0 Å². The minimum atomic E-state index is 0.180. The molecule has 2 nitrogen and oxygen atoms in total. The lowest BCUT2D eigenvalue weighted by Crippen LogP contribution is -2.10. The fraction of sp³-hybridized carbons (Fsp3) is 0.333. The fourth-order valence-corrected chi connectivity index (χ4v) is 4.23. The first-order valence-corrected chi connectivity index (χ1v) is 10.7. The predicted molar refractivity (Wildman–Crippen MR) is 127 cm³/mol. The lowest BCUT2D eigenvalue weighted by molar-refractivity contribution is 0.642. The van der Waals surface area contributed by atoms with Gasteiger partial charge >= 0.3 is 0 Å². The van der Waals surface area contributed by atoms with Gasteiger partial charge in [0.15, 0.2) is 0 Å². The molecule has 2 aromatic carbocycles. The zero-order valence-electron chi connectivity index (χ0n) is 18.3. The molecular weight excluding hydrogens is 352 g/mol. The highest BCUT2D eigenvalue weighted by molar-refractivity contribution is 5.74. The molecular formula is C27H34N2. The molecule has 0 spiro atoms. The van der Waals surface area contributed by atoms with Gasteiger partial charge < -0.3 is 10.6 Å². The molecule has 0 aliphatic heterocycles. The highest BCUT2D eigenvalue weighted by atomic mass is 14.9. The smallest absolute Gasteiger partial charge is 0.0730 e. The molecule has 0 saturated heterocycles. The Hall–Kier alpha value is -2.74. The van der Waals surface area contributed by atoms with Crippen LogP contribution in [0.2, 0.25) is 0 Å². The van der Waals surface area contributed by atoms with Crippen LogP contribution < -0.4 is 10.6 Å². The van der Waals surface area contributed by atoms with Crippen molar-refractivity contribution in [1.29, 1.82) is 0 Å². The quantitative estimate of drug-likeness (QED) is 0.402. The fourth-order valence-electron chi connectivity index (χ4n) is 4.23. The summed E-state index contributed by atoms with van der Waals surface area (Å²) in [6, 6.07) is 13.6. The van der Waals surface area contributed by atoms with Crippen LogP contribution in [0.15, 0.2) is 67.4 Å². The monoisotopic (exact) mass is 386 g/mol. The first-order valence-electron chi connectivity index (χ1n) is 10.7. The highest BCUT2D eigenvalue weighted by Crippen LogP contribution is 2.39. The molecule has 1 unspecified atom stereocenters. The van der Waals surface area contributed by atoms with E-state index in [4.69, 9.17) is 0 Å². The highest BCUT2D eigenvalue weighted by Gasteiger charge is 2.27. The first-order chi connectivity index (χ1) is 14.0. The Kier molecular flexibility index (Phi) is 6.64. The average molecular weight is 387 g/mol. The molecule has 0 saturated carbocycles. The van der Waals surface area contributed by atoms with Gasteiger partial charge in [0.1, 0.15) is 0 Å². The minimum absolute atomic E-state index is 0.180. The van der Waals surface area contributed by atoms with E-state index in [-0.39, 0.29) is 6.04 Å². The van der Waals surface area contributed by atoms with E-state index >= 15 is 0 Å². The largest absolute Gasteiger partial charge is 0.393 e. The summed E-state index contributed by atoms with van der Waals surface area (Å²) in [7, 11) is 1.90. The van der Waals surface area contributed by atoms with Crippen molar-refractivity contribution in [3.8, 4) is 0 Å². The van der Waals surface area contributed by atoms with Gasteiger partial charge in [-0.15, -0.1) is 0 Å². The Balaban J connectivity index is 1.87. The van der Waals surface area contributed by atoms with E-state index in [0.29, 0.717) is 5.92 Å². The molecule has 0 heterocycles. The summed E-state index contributed by atoms with van der Waals surface area (Å²) in [6.07, 6.45) is 7.02. The van der Waals surface area contributed by atoms with Crippen molar-refractivity contribution in [2.75, 3.05) is 12.4 Å². The van der Waals surface area contributed by atoms with Crippen LogP contribution in [0.1, 0.15) is 54.6 Å². The maximum atomic E-state index is 4.38. The number of benzene rings is 2. The maximum Gasteiger partial charge on any atom is 0.0730 e. The number of fused-ring (bicyclic) bond motifs is 1. The number of hydrogen-bond donors (Lipinski definition) is 2. The van der Waals surface area contributed by atoms with Crippen molar-refractivity contribution in [3.63, 3.8) is 0 Å². The summed E-state index contributed by atoms with van der Waals surface area (Å²) in [6.45, 7) is 15.1. The van der Waals surface area contributed by atoms with E-state index in [1.165, 1.54) is 27.8 Å². The van der Waals surface area contributed by atoms with E-state index in [1.54, 1.807) is 0 Å². The van der Waals surface area contributed by atoms with Crippen LogP contribution >= 0.6 is 0 Å². The van der Waals surface area contributed by atoms with Crippen molar-refractivity contribution in [1.82, 2.24) is 5.32 Å². The molecule has 0 radical (unpaired) electrons. The number of anilines is 1.